The lowest BCUT2D eigenvalue weighted by Crippen LogP contribution is -2.36. The highest BCUT2D eigenvalue weighted by molar-refractivity contribution is 8.00. The predicted molar refractivity (Wildman–Crippen MR) is 169 cm³/mol. The van der Waals surface area contributed by atoms with E-state index in [1.165, 1.54) is 5.01 Å². The summed E-state index contributed by atoms with van der Waals surface area (Å²) in [4.78, 5) is 35.3. The van der Waals surface area contributed by atoms with Crippen molar-refractivity contribution in [1.29, 1.82) is 0 Å². The zero-order valence-corrected chi connectivity index (χ0v) is 26.7. The Morgan fingerprint density at radius 3 is 2.40 bits per heavy atom. The van der Waals surface area contributed by atoms with E-state index in [-0.39, 0.29) is 29.9 Å². The molecule has 246 valence electrons. The van der Waals surface area contributed by atoms with Gasteiger partial charge < -0.3 is 46.2 Å². The van der Waals surface area contributed by atoms with E-state index < -0.39 is 0 Å². The minimum absolute atomic E-state index is 0.0142. The van der Waals surface area contributed by atoms with Gasteiger partial charge in [-0.25, -0.2) is 10.6 Å². The second-order valence-electron chi connectivity index (χ2n) is 10.8. The number of hydrogen-bond acceptors (Lipinski definition) is 10. The van der Waals surface area contributed by atoms with Crippen LogP contribution >= 0.6 is 11.8 Å². The van der Waals surface area contributed by atoms with Gasteiger partial charge in [0.25, 0.3) is 0 Å². The highest BCUT2D eigenvalue weighted by Crippen LogP contribution is 2.33. The Bertz CT molecular complexity index is 907. The molecule has 2 rings (SSSR count). The fourth-order valence-electron chi connectivity index (χ4n) is 4.56. The number of ether oxygens (including phenoxy) is 3. The fourth-order valence-corrected chi connectivity index (χ4v) is 6.10. The maximum atomic E-state index is 12.0. The Morgan fingerprint density at radius 1 is 0.977 bits per heavy atom. The molecule has 0 aromatic carbocycles. The number of allylic oxidation sites excluding steroid dienone is 2. The average Bonchev–Trinajstić information content (AvgIpc) is 3.53. The van der Waals surface area contributed by atoms with Crippen LogP contribution in [0.2, 0.25) is 0 Å². The predicted octanol–water partition coefficient (Wildman–Crippen LogP) is 1.11. The van der Waals surface area contributed by atoms with Crippen LogP contribution in [0.25, 0.3) is 0 Å². The summed E-state index contributed by atoms with van der Waals surface area (Å²) < 4.78 is 16.5. The molecule has 2 saturated heterocycles. The van der Waals surface area contributed by atoms with E-state index in [4.69, 9.17) is 25.8 Å². The van der Waals surface area contributed by atoms with Crippen LogP contribution in [0, 0.1) is 0 Å². The quantitative estimate of drug-likeness (QED) is 0.0298. The molecule has 2 aliphatic heterocycles. The molecule has 0 spiro atoms. The van der Waals surface area contributed by atoms with E-state index in [0.29, 0.717) is 95.9 Å². The summed E-state index contributed by atoms with van der Waals surface area (Å²) >= 11 is 1.90. The summed E-state index contributed by atoms with van der Waals surface area (Å²) in [6, 6.07) is 0.401. The standard InChI is InChI=1S/C29H53N7O6S/c1-3-22(2)19-33-27(38)10-6-7-23(30)20-36(31)12-14-41-16-18-42-17-15-40-13-11-32-26(37)9-5-4-8-25-28-24(21-43-25)34-29(39)35-28/h3,20,24-25,28H,4-19,21,30-31H2,1-2H3,(H,32,37)(H,33,38)(H2,34,35,39)/b22-3-,23-20-/t24-,25-,28-/m0/s1. The van der Waals surface area contributed by atoms with Gasteiger partial charge in [0, 0.05) is 48.8 Å². The van der Waals surface area contributed by atoms with Crippen LogP contribution < -0.4 is 32.8 Å². The Morgan fingerprint density at radius 2 is 1.65 bits per heavy atom. The van der Waals surface area contributed by atoms with Gasteiger partial charge in [-0.3, -0.25) is 9.59 Å². The van der Waals surface area contributed by atoms with Crippen molar-refractivity contribution in [1.82, 2.24) is 26.3 Å². The third-order valence-corrected chi connectivity index (χ3v) is 8.65. The molecule has 3 atom stereocenters. The van der Waals surface area contributed by atoms with Crippen LogP contribution in [0.15, 0.2) is 23.5 Å². The van der Waals surface area contributed by atoms with Crippen molar-refractivity contribution < 1.29 is 28.6 Å². The van der Waals surface area contributed by atoms with Crippen LogP contribution in [0.5, 0.6) is 0 Å². The SMILES string of the molecule is C/C=C(/C)CNC(=O)CCC/C(N)=C/N(N)CCOCCOCCOCCNC(=O)CCCC[C@@H]1SC[C@@H]2NC(=O)N[C@@H]21. The number of fused-ring (bicyclic) bond motifs is 1. The number of thioether (sulfide) groups is 1. The summed E-state index contributed by atoms with van der Waals surface area (Å²) in [6.07, 6.45) is 8.64. The molecule has 2 heterocycles. The molecule has 0 radical (unpaired) electrons. The molecule has 0 aliphatic carbocycles. The molecule has 0 aromatic heterocycles. The smallest absolute Gasteiger partial charge is 0.315 e. The first-order chi connectivity index (χ1) is 20.8. The van der Waals surface area contributed by atoms with Crippen molar-refractivity contribution in [3.05, 3.63) is 23.5 Å². The van der Waals surface area contributed by atoms with Crippen LogP contribution in [-0.2, 0) is 23.8 Å². The highest BCUT2D eigenvalue weighted by atomic mass is 32.2. The van der Waals surface area contributed by atoms with Crippen LogP contribution in [0.3, 0.4) is 0 Å². The summed E-state index contributed by atoms with van der Waals surface area (Å²) in [6.45, 7) is 8.10. The summed E-state index contributed by atoms with van der Waals surface area (Å²) in [7, 11) is 0. The maximum absolute atomic E-state index is 12.0. The molecule has 4 amide bonds. The molecule has 13 nitrogen and oxygen atoms in total. The van der Waals surface area contributed by atoms with Crippen molar-refractivity contribution in [3.8, 4) is 0 Å². The van der Waals surface area contributed by atoms with Crippen molar-refractivity contribution >= 4 is 29.6 Å². The van der Waals surface area contributed by atoms with Gasteiger partial charge in [-0.1, -0.05) is 18.1 Å². The minimum atomic E-state index is -0.0629. The van der Waals surface area contributed by atoms with Gasteiger partial charge in [-0.05, 0) is 39.5 Å². The molecule has 0 unspecified atom stereocenters. The van der Waals surface area contributed by atoms with Gasteiger partial charge in [0.05, 0.1) is 58.3 Å². The van der Waals surface area contributed by atoms with Gasteiger partial charge in [-0.15, -0.1) is 0 Å². The number of nitrogens with zero attached hydrogens (tertiary/aromatic N) is 1. The lowest BCUT2D eigenvalue weighted by molar-refractivity contribution is -0.122. The lowest BCUT2D eigenvalue weighted by Gasteiger charge is -2.16. The van der Waals surface area contributed by atoms with E-state index in [0.717, 1.165) is 30.6 Å². The van der Waals surface area contributed by atoms with E-state index in [9.17, 15) is 14.4 Å². The molecule has 2 fully saturated rings. The lowest BCUT2D eigenvalue weighted by atomic mass is 10.0. The first kappa shape index (κ1) is 36.7. The maximum Gasteiger partial charge on any atom is 0.315 e. The molecule has 8 N–H and O–H groups in total. The van der Waals surface area contributed by atoms with Gasteiger partial charge in [0.2, 0.25) is 11.8 Å². The largest absolute Gasteiger partial charge is 0.401 e. The van der Waals surface area contributed by atoms with Crippen molar-refractivity contribution in [2.45, 2.75) is 76.1 Å². The summed E-state index contributed by atoms with van der Waals surface area (Å²) in [5, 5.41) is 13.6. The summed E-state index contributed by atoms with van der Waals surface area (Å²) in [5.41, 5.74) is 7.75. The van der Waals surface area contributed by atoms with Crippen molar-refractivity contribution in [3.63, 3.8) is 0 Å². The molecule has 0 saturated carbocycles. The van der Waals surface area contributed by atoms with E-state index >= 15 is 0 Å². The number of unbranched alkanes of at least 4 members (excludes halogenated alkanes) is 1. The number of carbonyl (C=O) groups is 3. The number of nitrogens with two attached hydrogens (primary N) is 2. The van der Waals surface area contributed by atoms with Crippen LogP contribution in [0.1, 0.15) is 58.8 Å². The number of nitrogens with one attached hydrogen (secondary N) is 4. The van der Waals surface area contributed by atoms with Crippen LogP contribution in [-0.4, -0.2) is 105 Å². The second kappa shape index (κ2) is 22.1. The Labute approximate surface area is 260 Å². The molecular weight excluding hydrogens is 574 g/mol. The minimum Gasteiger partial charge on any atom is -0.401 e. The first-order valence-electron chi connectivity index (χ1n) is 15.3. The van der Waals surface area contributed by atoms with Gasteiger partial charge in [0.1, 0.15) is 0 Å². The normalized spacial score (nSPS) is 20.0. The van der Waals surface area contributed by atoms with Gasteiger partial charge >= 0.3 is 6.03 Å². The van der Waals surface area contributed by atoms with Crippen molar-refractivity contribution in [2.75, 3.05) is 65.0 Å². The molecular formula is C29H53N7O6S. The molecule has 14 heteroatoms. The summed E-state index contributed by atoms with van der Waals surface area (Å²) in [5.74, 6) is 6.95. The number of rotatable bonds is 24. The molecule has 0 bridgehead atoms. The molecule has 43 heavy (non-hydrogen) atoms. The third-order valence-electron chi connectivity index (χ3n) is 7.15. The number of hydrogen-bond donors (Lipinski definition) is 6. The number of hydrazine groups is 1. The molecule has 0 aromatic rings. The number of carbonyl (C=O) groups excluding carboxylic acids is 3. The topological polar surface area (TPSA) is 182 Å². The first-order valence-corrected chi connectivity index (χ1v) is 16.4. The monoisotopic (exact) mass is 627 g/mol. The fraction of sp³-hybridized carbons (Fsp3) is 0.759. The van der Waals surface area contributed by atoms with Crippen molar-refractivity contribution in [2.24, 2.45) is 11.6 Å². The Balaban J connectivity index is 1.32. The van der Waals surface area contributed by atoms with Gasteiger partial charge in [-0.2, -0.15) is 11.8 Å². The zero-order chi connectivity index (χ0) is 31.3. The highest BCUT2D eigenvalue weighted by Gasteiger charge is 2.42. The zero-order valence-electron chi connectivity index (χ0n) is 25.9. The van der Waals surface area contributed by atoms with E-state index in [1.54, 1.807) is 6.20 Å². The number of urea groups is 1. The second-order valence-corrected chi connectivity index (χ2v) is 12.0. The molecule has 2 aliphatic rings. The third kappa shape index (κ3) is 16.8. The van der Waals surface area contributed by atoms with Gasteiger partial charge in [0.15, 0.2) is 0 Å². The Hall–Kier alpha value is -2.52. The van der Waals surface area contributed by atoms with Crippen LogP contribution in [0.4, 0.5) is 4.79 Å². The Kier molecular flexibility index (Phi) is 18.8. The number of amides is 4. The average molecular weight is 628 g/mol. The van der Waals surface area contributed by atoms with E-state index in [2.05, 4.69) is 21.3 Å². The van der Waals surface area contributed by atoms with E-state index in [1.807, 2.05) is 31.7 Å².